The van der Waals surface area contributed by atoms with Crippen LogP contribution in [0.15, 0.2) is 57.9 Å². The quantitative estimate of drug-likeness (QED) is 0.544. The molecule has 0 aliphatic carbocycles. The van der Waals surface area contributed by atoms with E-state index in [-0.39, 0.29) is 11.8 Å². The summed E-state index contributed by atoms with van der Waals surface area (Å²) in [6, 6.07) is 15.3. The molecule has 0 radical (unpaired) electrons. The van der Waals surface area contributed by atoms with Gasteiger partial charge in [-0.05, 0) is 68.1 Å². The zero-order chi connectivity index (χ0) is 20.9. The summed E-state index contributed by atoms with van der Waals surface area (Å²) in [6.07, 6.45) is 3.86. The van der Waals surface area contributed by atoms with Gasteiger partial charge < -0.3 is 9.84 Å². The van der Waals surface area contributed by atoms with Crippen molar-refractivity contribution in [3.8, 4) is 11.4 Å². The third-order valence-electron chi connectivity index (χ3n) is 5.14. The van der Waals surface area contributed by atoms with Crippen LogP contribution in [0.2, 0.25) is 5.02 Å². The number of nitrogens with zero attached hydrogens (tertiary/aromatic N) is 3. The second-order valence-electron chi connectivity index (χ2n) is 7.31. The summed E-state index contributed by atoms with van der Waals surface area (Å²) in [6.45, 7) is 2.11. The van der Waals surface area contributed by atoms with Crippen molar-refractivity contribution in [3.05, 3.63) is 59.4 Å². The minimum atomic E-state index is -0.0599. The number of likely N-dealkylation sites (tertiary alicyclic amines) is 1. The molecule has 1 unspecified atom stereocenters. The lowest BCUT2D eigenvalue weighted by Gasteiger charge is -2.30. The fourth-order valence-corrected chi connectivity index (χ4v) is 4.17. The highest BCUT2D eigenvalue weighted by Gasteiger charge is 2.27. The number of rotatable bonds is 6. The van der Waals surface area contributed by atoms with Gasteiger partial charge in [0.1, 0.15) is 0 Å². The summed E-state index contributed by atoms with van der Waals surface area (Å²) in [5.41, 5.74) is 1.70. The molecular weight excluding hydrogens is 420 g/mol. The van der Waals surface area contributed by atoms with Gasteiger partial charge in [0.15, 0.2) is 0 Å². The van der Waals surface area contributed by atoms with Crippen molar-refractivity contribution in [2.45, 2.75) is 24.3 Å². The van der Waals surface area contributed by atoms with Gasteiger partial charge in [-0.1, -0.05) is 22.8 Å². The smallest absolute Gasteiger partial charge is 0.241 e. The van der Waals surface area contributed by atoms with E-state index in [1.54, 1.807) is 23.9 Å². The number of hydrogen-bond acceptors (Lipinski definition) is 6. The van der Waals surface area contributed by atoms with Crippen LogP contribution in [0.25, 0.3) is 11.4 Å². The number of amides is 1. The molecule has 2 heterocycles. The molecule has 1 saturated heterocycles. The van der Waals surface area contributed by atoms with Crippen molar-refractivity contribution < 1.29 is 9.32 Å². The molecule has 0 bridgehead atoms. The fourth-order valence-electron chi connectivity index (χ4n) is 3.58. The van der Waals surface area contributed by atoms with Crippen LogP contribution in [0.1, 0.15) is 18.7 Å². The van der Waals surface area contributed by atoms with Crippen molar-refractivity contribution in [3.63, 3.8) is 0 Å². The molecule has 1 N–H and O–H groups in total. The summed E-state index contributed by atoms with van der Waals surface area (Å²) in [4.78, 5) is 20.6. The van der Waals surface area contributed by atoms with Gasteiger partial charge in [-0.15, -0.1) is 11.8 Å². The first kappa shape index (κ1) is 20.9. The number of hydrogen-bond donors (Lipinski definition) is 1. The van der Waals surface area contributed by atoms with Gasteiger partial charge in [0.2, 0.25) is 17.6 Å². The molecular formula is C22H23ClN4O2S. The summed E-state index contributed by atoms with van der Waals surface area (Å²) in [7, 11) is 0. The van der Waals surface area contributed by atoms with E-state index in [1.807, 2.05) is 42.7 Å². The van der Waals surface area contributed by atoms with E-state index in [9.17, 15) is 4.79 Å². The van der Waals surface area contributed by atoms with Crippen LogP contribution < -0.4 is 5.32 Å². The number of halogens is 1. The normalized spacial score (nSPS) is 17.1. The van der Waals surface area contributed by atoms with Crippen molar-refractivity contribution >= 4 is 35.0 Å². The molecule has 8 heteroatoms. The second kappa shape index (κ2) is 9.64. The third kappa shape index (κ3) is 5.22. The maximum absolute atomic E-state index is 12.8. The Morgan fingerprint density at radius 1 is 1.30 bits per heavy atom. The highest BCUT2D eigenvalue weighted by molar-refractivity contribution is 7.98. The number of benzene rings is 2. The minimum Gasteiger partial charge on any atom is -0.338 e. The molecule has 3 aromatic rings. The molecule has 1 aliphatic rings. The number of piperidine rings is 1. The maximum atomic E-state index is 12.8. The Bertz CT molecular complexity index is 1010. The van der Waals surface area contributed by atoms with Crippen molar-refractivity contribution in [2.24, 2.45) is 5.92 Å². The Kier molecular flexibility index (Phi) is 6.72. The van der Waals surface area contributed by atoms with E-state index in [4.69, 9.17) is 16.1 Å². The molecule has 1 amide bonds. The number of anilines is 1. The monoisotopic (exact) mass is 442 g/mol. The maximum Gasteiger partial charge on any atom is 0.241 e. The predicted octanol–water partition coefficient (Wildman–Crippen LogP) is 4.96. The van der Waals surface area contributed by atoms with Crippen LogP contribution in [0.3, 0.4) is 0 Å². The van der Waals surface area contributed by atoms with E-state index in [1.165, 1.54) is 0 Å². The van der Waals surface area contributed by atoms with Gasteiger partial charge in [0, 0.05) is 27.7 Å². The number of nitrogens with one attached hydrogen (secondary N) is 1. The van der Waals surface area contributed by atoms with Crippen LogP contribution in [-0.4, -0.2) is 40.3 Å². The Labute approximate surface area is 185 Å². The average molecular weight is 443 g/mol. The number of thioether (sulfide) groups is 1. The molecule has 4 rings (SSSR count). The van der Waals surface area contributed by atoms with Crippen molar-refractivity contribution in [1.29, 1.82) is 0 Å². The lowest BCUT2D eigenvalue weighted by molar-refractivity contribution is -0.121. The lowest BCUT2D eigenvalue weighted by atomic mass is 9.97. The van der Waals surface area contributed by atoms with E-state index in [2.05, 4.69) is 20.4 Å². The molecule has 1 fully saturated rings. The topological polar surface area (TPSA) is 71.3 Å². The molecule has 156 valence electrons. The third-order valence-corrected chi connectivity index (χ3v) is 6.12. The molecule has 6 nitrogen and oxygen atoms in total. The molecule has 0 saturated carbocycles. The zero-order valence-electron chi connectivity index (χ0n) is 16.7. The molecule has 1 aliphatic heterocycles. The summed E-state index contributed by atoms with van der Waals surface area (Å²) in [5, 5.41) is 7.80. The summed E-state index contributed by atoms with van der Waals surface area (Å²) >= 11 is 7.59. The number of aromatic nitrogens is 2. The van der Waals surface area contributed by atoms with Crippen molar-refractivity contribution in [1.82, 2.24) is 15.0 Å². The first-order chi connectivity index (χ1) is 14.6. The molecule has 1 atom stereocenters. The van der Waals surface area contributed by atoms with Gasteiger partial charge in [-0.3, -0.25) is 9.69 Å². The Balaban J connectivity index is 1.36. The van der Waals surface area contributed by atoms with Crippen LogP contribution in [-0.2, 0) is 11.3 Å². The van der Waals surface area contributed by atoms with Gasteiger partial charge in [-0.25, -0.2) is 0 Å². The number of carbonyl (C=O) groups excluding carboxylic acids is 1. The first-order valence-corrected chi connectivity index (χ1v) is 11.5. The van der Waals surface area contributed by atoms with Crippen LogP contribution in [0.5, 0.6) is 0 Å². The molecule has 1 aromatic heterocycles. The Morgan fingerprint density at radius 2 is 2.13 bits per heavy atom. The SMILES string of the molecule is CSc1cccc(NC(=O)C2CCCN(Cc3nc(-c4ccc(Cl)cc4)no3)C2)c1. The van der Waals surface area contributed by atoms with E-state index in [0.29, 0.717) is 29.8 Å². The fraction of sp³-hybridized carbons (Fsp3) is 0.318. The Hall–Kier alpha value is -2.35. The van der Waals surface area contributed by atoms with Gasteiger partial charge in [-0.2, -0.15) is 4.98 Å². The second-order valence-corrected chi connectivity index (χ2v) is 8.63. The Morgan fingerprint density at radius 3 is 2.93 bits per heavy atom. The van der Waals surface area contributed by atoms with Gasteiger partial charge >= 0.3 is 0 Å². The first-order valence-electron chi connectivity index (χ1n) is 9.86. The van der Waals surface area contributed by atoms with E-state index < -0.39 is 0 Å². The summed E-state index contributed by atoms with van der Waals surface area (Å²) < 4.78 is 5.43. The highest BCUT2D eigenvalue weighted by Crippen LogP contribution is 2.24. The van der Waals surface area contributed by atoms with Crippen LogP contribution >= 0.6 is 23.4 Å². The predicted molar refractivity (Wildman–Crippen MR) is 120 cm³/mol. The molecule has 0 spiro atoms. The minimum absolute atomic E-state index is 0.0599. The van der Waals surface area contributed by atoms with E-state index in [0.717, 1.165) is 35.5 Å². The average Bonchev–Trinajstić information content (AvgIpc) is 3.23. The lowest BCUT2D eigenvalue weighted by Crippen LogP contribution is -2.40. The van der Waals surface area contributed by atoms with Crippen molar-refractivity contribution in [2.75, 3.05) is 24.7 Å². The standard InChI is InChI=1S/C22H23ClN4O2S/c1-30-19-6-2-5-18(12-19)24-22(28)16-4-3-11-27(13-16)14-20-25-21(26-29-20)15-7-9-17(23)10-8-15/h2,5-10,12,16H,3-4,11,13-14H2,1H3,(H,24,28). The zero-order valence-corrected chi connectivity index (χ0v) is 18.2. The highest BCUT2D eigenvalue weighted by atomic mass is 35.5. The van der Waals surface area contributed by atoms with E-state index >= 15 is 0 Å². The van der Waals surface area contributed by atoms with Gasteiger partial charge in [0.25, 0.3) is 0 Å². The summed E-state index contributed by atoms with van der Waals surface area (Å²) in [5.74, 6) is 1.09. The molecule has 30 heavy (non-hydrogen) atoms. The van der Waals surface area contributed by atoms with Crippen LogP contribution in [0, 0.1) is 5.92 Å². The molecule has 2 aromatic carbocycles. The largest absolute Gasteiger partial charge is 0.338 e. The van der Waals surface area contributed by atoms with Crippen LogP contribution in [0.4, 0.5) is 5.69 Å². The number of carbonyl (C=O) groups is 1. The van der Waals surface area contributed by atoms with Gasteiger partial charge in [0.05, 0.1) is 12.5 Å².